The van der Waals surface area contributed by atoms with Gasteiger partial charge in [-0.25, -0.2) is 0 Å². The number of nitrogens with one attached hydrogen (secondary N) is 2. The fourth-order valence-electron chi connectivity index (χ4n) is 2.19. The third kappa shape index (κ3) is 18.9. The van der Waals surface area contributed by atoms with Gasteiger partial charge in [0.05, 0.1) is 0 Å². The normalized spacial score (nSPS) is 10.0. The van der Waals surface area contributed by atoms with Gasteiger partial charge in [0.25, 0.3) is 0 Å². The molecule has 0 spiro atoms. The number of likely N-dealkylation sites (N-methyl/N-ethyl adjacent to an activating group) is 1. The molecule has 6 heteroatoms. The zero-order valence-electron chi connectivity index (χ0n) is 17.3. The molecule has 0 aromatic carbocycles. The van der Waals surface area contributed by atoms with E-state index in [0.29, 0.717) is 12.1 Å². The van der Waals surface area contributed by atoms with Crippen molar-refractivity contribution in [3.8, 4) is 0 Å². The van der Waals surface area contributed by atoms with Gasteiger partial charge in [0, 0.05) is 38.3 Å². The SMILES string of the molecule is CC.CC(C)N(CCNC=O)C(C)C.CCN(CC)CCNC=O. The summed E-state index contributed by atoms with van der Waals surface area (Å²) >= 11 is 0. The lowest BCUT2D eigenvalue weighted by Gasteiger charge is -2.30. The molecular weight excluding hydrogens is 304 g/mol. The molecule has 6 nitrogen and oxygen atoms in total. The first-order valence-corrected chi connectivity index (χ1v) is 9.26. The molecule has 0 rings (SSSR count). The molecule has 0 unspecified atom stereocenters. The Morgan fingerprint density at radius 3 is 1.46 bits per heavy atom. The summed E-state index contributed by atoms with van der Waals surface area (Å²) in [5.74, 6) is 0. The monoisotopic (exact) mass is 346 g/mol. The fraction of sp³-hybridized carbons (Fsp3) is 0.889. The highest BCUT2D eigenvalue weighted by Gasteiger charge is 2.11. The molecular formula is C18H42N4O2. The van der Waals surface area contributed by atoms with Crippen LogP contribution in [0.25, 0.3) is 0 Å². The number of amides is 2. The second-order valence-electron chi connectivity index (χ2n) is 5.60. The molecule has 0 fully saturated rings. The van der Waals surface area contributed by atoms with Crippen molar-refractivity contribution in [2.24, 2.45) is 0 Å². The summed E-state index contributed by atoms with van der Waals surface area (Å²) in [4.78, 5) is 24.4. The molecule has 0 aromatic rings. The Balaban J connectivity index is -0.000000337. The molecule has 0 saturated carbocycles. The molecule has 146 valence electrons. The summed E-state index contributed by atoms with van der Waals surface area (Å²) in [6.07, 6.45) is 1.49. The van der Waals surface area contributed by atoms with Gasteiger partial charge in [0.1, 0.15) is 0 Å². The van der Waals surface area contributed by atoms with E-state index < -0.39 is 0 Å². The van der Waals surface area contributed by atoms with Crippen molar-refractivity contribution in [3.63, 3.8) is 0 Å². The second kappa shape index (κ2) is 21.9. The molecule has 0 bridgehead atoms. The van der Waals surface area contributed by atoms with Gasteiger partial charge in [-0.15, -0.1) is 0 Å². The topological polar surface area (TPSA) is 64.7 Å². The zero-order chi connectivity index (χ0) is 19.4. The first kappa shape index (κ1) is 27.7. The number of carbonyl (C=O) groups excluding carboxylic acids is 2. The second-order valence-corrected chi connectivity index (χ2v) is 5.60. The molecule has 0 aliphatic heterocycles. The number of carbonyl (C=O) groups is 2. The van der Waals surface area contributed by atoms with Crippen LogP contribution in [0.1, 0.15) is 55.4 Å². The number of hydrogen-bond donors (Lipinski definition) is 2. The smallest absolute Gasteiger partial charge is 0.207 e. The van der Waals surface area contributed by atoms with Crippen LogP contribution in [-0.4, -0.2) is 74.0 Å². The summed E-state index contributed by atoms with van der Waals surface area (Å²) in [5.41, 5.74) is 0. The molecule has 0 aromatic heterocycles. The van der Waals surface area contributed by atoms with Crippen LogP contribution in [-0.2, 0) is 9.59 Å². The van der Waals surface area contributed by atoms with E-state index in [2.05, 4.69) is 62.0 Å². The van der Waals surface area contributed by atoms with Gasteiger partial charge < -0.3 is 15.5 Å². The Hall–Kier alpha value is -1.14. The quantitative estimate of drug-likeness (QED) is 0.419. The molecule has 0 atom stereocenters. The molecule has 0 aliphatic rings. The zero-order valence-corrected chi connectivity index (χ0v) is 17.3. The van der Waals surface area contributed by atoms with Gasteiger partial charge in [0.15, 0.2) is 0 Å². The standard InChI is InChI=1S/C9H20N2O.C7H16N2O.C2H6/c1-8(2)11(9(3)4)6-5-10-7-12;1-3-9(4-2)6-5-8-7-10;1-2/h7-9H,5-6H2,1-4H3,(H,10,12);7H,3-6H2,1-2H3,(H,8,10);1-2H3. The number of rotatable bonds is 12. The Morgan fingerprint density at radius 1 is 0.792 bits per heavy atom. The lowest BCUT2D eigenvalue weighted by Crippen LogP contribution is -2.41. The summed E-state index contributed by atoms with van der Waals surface area (Å²) in [6.45, 7) is 22.4. The predicted octanol–water partition coefficient (Wildman–Crippen LogP) is 1.95. The molecule has 24 heavy (non-hydrogen) atoms. The van der Waals surface area contributed by atoms with Gasteiger partial charge in [-0.2, -0.15) is 0 Å². The lowest BCUT2D eigenvalue weighted by atomic mass is 10.2. The molecule has 0 saturated heterocycles. The van der Waals surface area contributed by atoms with Crippen molar-refractivity contribution >= 4 is 12.8 Å². The fourth-order valence-corrected chi connectivity index (χ4v) is 2.19. The summed E-state index contributed by atoms with van der Waals surface area (Å²) in [7, 11) is 0. The van der Waals surface area contributed by atoms with Crippen molar-refractivity contribution in [2.75, 3.05) is 39.3 Å². The number of nitrogens with zero attached hydrogens (tertiary/aromatic N) is 2. The van der Waals surface area contributed by atoms with Crippen molar-refractivity contribution in [1.29, 1.82) is 0 Å². The maximum atomic E-state index is 10.00. The summed E-state index contributed by atoms with van der Waals surface area (Å²) in [5, 5.41) is 5.29. The molecule has 0 aliphatic carbocycles. The maximum absolute atomic E-state index is 10.00. The summed E-state index contributed by atoms with van der Waals surface area (Å²) in [6, 6.07) is 1.08. The van der Waals surface area contributed by atoms with E-state index in [1.165, 1.54) is 0 Å². The highest BCUT2D eigenvalue weighted by Crippen LogP contribution is 2.02. The molecule has 2 amide bonds. The Labute approximate surface area is 150 Å². The average Bonchev–Trinajstić information content (AvgIpc) is 2.57. The van der Waals surface area contributed by atoms with Crippen LogP contribution < -0.4 is 10.6 Å². The van der Waals surface area contributed by atoms with Crippen molar-refractivity contribution in [3.05, 3.63) is 0 Å². The van der Waals surface area contributed by atoms with Gasteiger partial charge in [-0.3, -0.25) is 14.5 Å². The van der Waals surface area contributed by atoms with Gasteiger partial charge in [-0.05, 0) is 40.8 Å². The third-order valence-electron chi connectivity index (χ3n) is 3.47. The van der Waals surface area contributed by atoms with Gasteiger partial charge >= 0.3 is 0 Å². The first-order chi connectivity index (χ1) is 11.4. The minimum Gasteiger partial charge on any atom is -0.357 e. The maximum Gasteiger partial charge on any atom is 0.207 e. The highest BCUT2D eigenvalue weighted by molar-refractivity contribution is 5.45. The van der Waals surface area contributed by atoms with E-state index in [4.69, 9.17) is 0 Å². The van der Waals surface area contributed by atoms with E-state index in [9.17, 15) is 9.59 Å². The van der Waals surface area contributed by atoms with Crippen LogP contribution >= 0.6 is 0 Å². The highest BCUT2D eigenvalue weighted by atomic mass is 16.1. The van der Waals surface area contributed by atoms with Crippen LogP contribution in [0.3, 0.4) is 0 Å². The minimum atomic E-state index is 0.540. The largest absolute Gasteiger partial charge is 0.357 e. The first-order valence-electron chi connectivity index (χ1n) is 9.26. The molecule has 2 N–H and O–H groups in total. The van der Waals surface area contributed by atoms with Crippen LogP contribution in [0.5, 0.6) is 0 Å². The van der Waals surface area contributed by atoms with Crippen molar-refractivity contribution in [1.82, 2.24) is 20.4 Å². The average molecular weight is 347 g/mol. The Kier molecular flexibility index (Phi) is 25.2. The number of hydrogen-bond acceptors (Lipinski definition) is 4. The van der Waals surface area contributed by atoms with Crippen molar-refractivity contribution < 1.29 is 9.59 Å². The van der Waals surface area contributed by atoms with E-state index in [0.717, 1.165) is 52.1 Å². The van der Waals surface area contributed by atoms with E-state index in [-0.39, 0.29) is 0 Å². The van der Waals surface area contributed by atoms with E-state index in [1.54, 1.807) is 0 Å². The predicted molar refractivity (Wildman–Crippen MR) is 104 cm³/mol. The third-order valence-corrected chi connectivity index (χ3v) is 3.47. The van der Waals surface area contributed by atoms with Crippen LogP contribution in [0.4, 0.5) is 0 Å². The lowest BCUT2D eigenvalue weighted by molar-refractivity contribution is -0.110. The molecule has 0 heterocycles. The van der Waals surface area contributed by atoms with Gasteiger partial charge in [0.2, 0.25) is 12.8 Å². The van der Waals surface area contributed by atoms with Crippen molar-refractivity contribution in [2.45, 2.75) is 67.5 Å². The minimum absolute atomic E-state index is 0.540. The van der Waals surface area contributed by atoms with Gasteiger partial charge in [-0.1, -0.05) is 27.7 Å². The van der Waals surface area contributed by atoms with E-state index >= 15 is 0 Å². The molecule has 0 radical (unpaired) electrons. The van der Waals surface area contributed by atoms with E-state index in [1.807, 2.05) is 13.8 Å². The van der Waals surface area contributed by atoms with Crippen LogP contribution in [0, 0.1) is 0 Å². The Bertz CT molecular complexity index is 249. The summed E-state index contributed by atoms with van der Waals surface area (Å²) < 4.78 is 0. The van der Waals surface area contributed by atoms with Crippen LogP contribution in [0.2, 0.25) is 0 Å². The Morgan fingerprint density at radius 2 is 1.17 bits per heavy atom. The van der Waals surface area contributed by atoms with Crippen LogP contribution in [0.15, 0.2) is 0 Å².